The van der Waals surface area contributed by atoms with Gasteiger partial charge in [0.05, 0.1) is 0 Å². The molecular formula is C10H19O. The summed E-state index contributed by atoms with van der Waals surface area (Å²) in [6.07, 6.45) is 9.15. The van der Waals surface area contributed by atoms with Gasteiger partial charge >= 0.3 is 0 Å². The molecule has 0 saturated carbocycles. The van der Waals surface area contributed by atoms with E-state index < -0.39 is 0 Å². The SMILES string of the molecule is CCCCCCC[CH]C(C)=O. The second kappa shape index (κ2) is 7.77. The lowest BCUT2D eigenvalue weighted by Gasteiger charge is -1.97. The molecule has 0 heterocycles. The lowest BCUT2D eigenvalue weighted by atomic mass is 10.1. The molecule has 0 atom stereocenters. The molecule has 0 fully saturated rings. The van der Waals surface area contributed by atoms with E-state index >= 15 is 0 Å². The smallest absolute Gasteiger partial charge is 0.133 e. The van der Waals surface area contributed by atoms with E-state index in [9.17, 15) is 4.79 Å². The zero-order chi connectivity index (χ0) is 8.53. The molecule has 11 heavy (non-hydrogen) atoms. The van der Waals surface area contributed by atoms with E-state index in [1.165, 1.54) is 32.1 Å². The van der Waals surface area contributed by atoms with Gasteiger partial charge in [-0.3, -0.25) is 4.79 Å². The van der Waals surface area contributed by atoms with Gasteiger partial charge < -0.3 is 0 Å². The molecule has 0 unspecified atom stereocenters. The molecule has 0 amide bonds. The Morgan fingerprint density at radius 1 is 1.18 bits per heavy atom. The van der Waals surface area contributed by atoms with Crippen LogP contribution in [0, 0.1) is 6.42 Å². The normalized spacial score (nSPS) is 10.0. The zero-order valence-electron chi connectivity index (χ0n) is 7.73. The minimum atomic E-state index is 0.209. The van der Waals surface area contributed by atoms with Gasteiger partial charge in [0.1, 0.15) is 5.78 Å². The summed E-state index contributed by atoms with van der Waals surface area (Å²) >= 11 is 0. The Labute approximate surface area is 70.2 Å². The first-order chi connectivity index (χ1) is 5.27. The Kier molecular flexibility index (Phi) is 7.54. The van der Waals surface area contributed by atoms with E-state index in [1.807, 2.05) is 0 Å². The highest BCUT2D eigenvalue weighted by Gasteiger charge is 1.93. The van der Waals surface area contributed by atoms with E-state index in [0.717, 1.165) is 6.42 Å². The van der Waals surface area contributed by atoms with Gasteiger partial charge in [0.2, 0.25) is 0 Å². The highest BCUT2D eigenvalue weighted by molar-refractivity contribution is 5.84. The molecule has 1 heteroatoms. The molecule has 0 rings (SSSR count). The molecule has 1 nitrogen and oxygen atoms in total. The van der Waals surface area contributed by atoms with Crippen LogP contribution in [0.25, 0.3) is 0 Å². The molecule has 0 spiro atoms. The van der Waals surface area contributed by atoms with Crippen LogP contribution in [-0.2, 0) is 4.79 Å². The van der Waals surface area contributed by atoms with Crippen molar-refractivity contribution >= 4 is 5.78 Å². The van der Waals surface area contributed by atoms with E-state index in [1.54, 1.807) is 13.3 Å². The number of Topliss-reactive ketones (excluding diaryl/α,β-unsaturated/α-hetero) is 1. The third-order valence-electron chi connectivity index (χ3n) is 1.74. The summed E-state index contributed by atoms with van der Waals surface area (Å²) in [6.45, 7) is 3.83. The molecule has 0 bridgehead atoms. The summed E-state index contributed by atoms with van der Waals surface area (Å²) < 4.78 is 0. The number of carbonyl (C=O) groups is 1. The van der Waals surface area contributed by atoms with Crippen LogP contribution >= 0.6 is 0 Å². The fraction of sp³-hybridized carbons (Fsp3) is 0.800. The first kappa shape index (κ1) is 10.7. The van der Waals surface area contributed by atoms with Crippen molar-refractivity contribution in [3.63, 3.8) is 0 Å². The zero-order valence-corrected chi connectivity index (χ0v) is 7.73. The maximum atomic E-state index is 10.5. The highest BCUT2D eigenvalue weighted by Crippen LogP contribution is 2.06. The number of carbonyl (C=O) groups excluding carboxylic acids is 1. The monoisotopic (exact) mass is 155 g/mol. The summed E-state index contributed by atoms with van der Waals surface area (Å²) in [5, 5.41) is 0. The Balaban J connectivity index is 2.85. The van der Waals surface area contributed by atoms with Crippen molar-refractivity contribution in [2.75, 3.05) is 0 Å². The second-order valence-corrected chi connectivity index (χ2v) is 3.02. The minimum absolute atomic E-state index is 0.209. The number of ketones is 1. The van der Waals surface area contributed by atoms with Crippen molar-refractivity contribution in [1.29, 1.82) is 0 Å². The molecule has 0 aromatic heterocycles. The maximum Gasteiger partial charge on any atom is 0.133 e. The Morgan fingerprint density at radius 3 is 2.36 bits per heavy atom. The predicted molar refractivity (Wildman–Crippen MR) is 48.4 cm³/mol. The van der Waals surface area contributed by atoms with Crippen LogP contribution in [0.3, 0.4) is 0 Å². The van der Waals surface area contributed by atoms with Gasteiger partial charge in [0.25, 0.3) is 0 Å². The molecule has 65 valence electrons. The van der Waals surface area contributed by atoms with Crippen molar-refractivity contribution in [1.82, 2.24) is 0 Å². The molecule has 1 radical (unpaired) electrons. The molecular weight excluding hydrogens is 136 g/mol. The average Bonchev–Trinajstić information content (AvgIpc) is 1.96. The summed E-state index contributed by atoms with van der Waals surface area (Å²) in [6, 6.07) is 0. The van der Waals surface area contributed by atoms with Crippen LogP contribution in [-0.4, -0.2) is 5.78 Å². The van der Waals surface area contributed by atoms with Gasteiger partial charge in [-0.1, -0.05) is 39.0 Å². The summed E-state index contributed by atoms with van der Waals surface area (Å²) in [7, 11) is 0. The Hall–Kier alpha value is -0.330. The highest BCUT2D eigenvalue weighted by atomic mass is 16.1. The van der Waals surface area contributed by atoms with Crippen LogP contribution in [0.2, 0.25) is 0 Å². The van der Waals surface area contributed by atoms with Crippen molar-refractivity contribution in [2.45, 2.75) is 52.4 Å². The van der Waals surface area contributed by atoms with Gasteiger partial charge in [-0.05, 0) is 13.3 Å². The molecule has 0 aliphatic carbocycles. The van der Waals surface area contributed by atoms with E-state index in [2.05, 4.69) is 6.92 Å². The fourth-order valence-corrected chi connectivity index (χ4v) is 1.05. The molecule has 0 saturated heterocycles. The van der Waals surface area contributed by atoms with Gasteiger partial charge in [-0.25, -0.2) is 0 Å². The summed E-state index contributed by atoms with van der Waals surface area (Å²) in [5.41, 5.74) is 0. The Bertz CT molecular complexity index is 97.0. The Morgan fingerprint density at radius 2 is 1.82 bits per heavy atom. The number of rotatable bonds is 7. The third kappa shape index (κ3) is 9.67. The van der Waals surface area contributed by atoms with E-state index in [-0.39, 0.29) is 5.78 Å². The predicted octanol–water partition coefficient (Wildman–Crippen LogP) is 3.14. The van der Waals surface area contributed by atoms with E-state index in [4.69, 9.17) is 0 Å². The standard InChI is InChI=1S/C10H19O/c1-3-4-5-6-7-8-9-10(2)11/h9H,3-8H2,1-2H3. The van der Waals surface area contributed by atoms with Crippen LogP contribution in [0.4, 0.5) is 0 Å². The van der Waals surface area contributed by atoms with Gasteiger partial charge in [-0.2, -0.15) is 0 Å². The lowest BCUT2D eigenvalue weighted by Crippen LogP contribution is -1.90. The first-order valence-corrected chi connectivity index (χ1v) is 4.61. The van der Waals surface area contributed by atoms with Gasteiger partial charge in [0.15, 0.2) is 0 Å². The van der Waals surface area contributed by atoms with Crippen LogP contribution < -0.4 is 0 Å². The lowest BCUT2D eigenvalue weighted by molar-refractivity contribution is -0.114. The first-order valence-electron chi connectivity index (χ1n) is 4.61. The second-order valence-electron chi connectivity index (χ2n) is 3.02. The van der Waals surface area contributed by atoms with Crippen LogP contribution in [0.5, 0.6) is 0 Å². The number of unbranched alkanes of at least 4 members (excludes halogenated alkanes) is 5. The summed E-state index contributed by atoms with van der Waals surface area (Å²) in [5.74, 6) is 0.209. The molecule has 0 aliphatic rings. The molecule has 0 N–H and O–H groups in total. The van der Waals surface area contributed by atoms with Crippen molar-refractivity contribution in [3.8, 4) is 0 Å². The van der Waals surface area contributed by atoms with Gasteiger partial charge in [0, 0.05) is 6.42 Å². The van der Waals surface area contributed by atoms with Crippen LogP contribution in [0.1, 0.15) is 52.4 Å². The van der Waals surface area contributed by atoms with Crippen molar-refractivity contribution < 1.29 is 4.79 Å². The van der Waals surface area contributed by atoms with Crippen molar-refractivity contribution in [2.24, 2.45) is 0 Å². The topological polar surface area (TPSA) is 17.1 Å². The van der Waals surface area contributed by atoms with Crippen LogP contribution in [0.15, 0.2) is 0 Å². The number of hydrogen-bond donors (Lipinski definition) is 0. The van der Waals surface area contributed by atoms with E-state index in [0.29, 0.717) is 0 Å². The third-order valence-corrected chi connectivity index (χ3v) is 1.74. The summed E-state index contributed by atoms with van der Waals surface area (Å²) in [4.78, 5) is 10.5. The minimum Gasteiger partial charge on any atom is -0.300 e. The quantitative estimate of drug-likeness (QED) is 0.516. The van der Waals surface area contributed by atoms with Gasteiger partial charge in [-0.15, -0.1) is 0 Å². The largest absolute Gasteiger partial charge is 0.300 e. The average molecular weight is 155 g/mol. The number of hydrogen-bond acceptors (Lipinski definition) is 1. The fourth-order valence-electron chi connectivity index (χ4n) is 1.05. The molecule has 0 aromatic carbocycles. The maximum absolute atomic E-state index is 10.5. The molecule has 0 aromatic rings. The molecule has 0 aliphatic heterocycles. The van der Waals surface area contributed by atoms with Crippen molar-refractivity contribution in [3.05, 3.63) is 6.42 Å².